The molecule has 2 N–H and O–H groups in total. The molecule has 4 heterocycles. The highest BCUT2D eigenvalue weighted by Gasteiger charge is 2.40. The minimum atomic E-state index is -0.263. The van der Waals surface area contributed by atoms with E-state index >= 15 is 0 Å². The van der Waals surface area contributed by atoms with Crippen LogP contribution in [0, 0.1) is 6.92 Å². The van der Waals surface area contributed by atoms with Crippen LogP contribution in [0.1, 0.15) is 22.7 Å². The van der Waals surface area contributed by atoms with Crippen molar-refractivity contribution in [3.8, 4) is 0 Å². The van der Waals surface area contributed by atoms with Gasteiger partial charge in [0.25, 0.3) is 0 Å². The van der Waals surface area contributed by atoms with Gasteiger partial charge in [0.1, 0.15) is 6.61 Å². The van der Waals surface area contributed by atoms with Crippen molar-refractivity contribution in [2.24, 2.45) is 0 Å². The molecule has 100 valence electrons. The summed E-state index contributed by atoms with van der Waals surface area (Å²) < 4.78 is 5.16. The van der Waals surface area contributed by atoms with Gasteiger partial charge in [-0.05, 0) is 24.6 Å². The molecule has 0 aromatic carbocycles. The van der Waals surface area contributed by atoms with Crippen LogP contribution in [0.3, 0.4) is 0 Å². The summed E-state index contributed by atoms with van der Waals surface area (Å²) in [5.41, 5.74) is 4.43. The lowest BCUT2D eigenvalue weighted by atomic mass is 9.82. The molecule has 6 nitrogen and oxygen atoms in total. The van der Waals surface area contributed by atoms with E-state index in [9.17, 15) is 4.79 Å². The van der Waals surface area contributed by atoms with Gasteiger partial charge in [0, 0.05) is 29.6 Å². The molecule has 0 bridgehead atoms. The van der Waals surface area contributed by atoms with Gasteiger partial charge < -0.3 is 10.1 Å². The zero-order valence-electron chi connectivity index (χ0n) is 10.8. The fourth-order valence-corrected chi connectivity index (χ4v) is 2.87. The van der Waals surface area contributed by atoms with Gasteiger partial charge in [0.15, 0.2) is 5.82 Å². The van der Waals surface area contributed by atoms with Crippen LogP contribution in [-0.2, 0) is 9.53 Å². The summed E-state index contributed by atoms with van der Waals surface area (Å²) in [6, 6.07) is 3.84. The molecule has 1 unspecified atom stereocenters. The molecule has 0 fully saturated rings. The van der Waals surface area contributed by atoms with Gasteiger partial charge in [0.2, 0.25) is 0 Å². The number of aromatic nitrogens is 3. The summed E-state index contributed by atoms with van der Waals surface area (Å²) in [5.74, 6) is 0.347. The van der Waals surface area contributed by atoms with E-state index in [-0.39, 0.29) is 18.5 Å². The van der Waals surface area contributed by atoms with Gasteiger partial charge in [-0.3, -0.25) is 10.1 Å². The maximum absolute atomic E-state index is 12.1. The number of hydrogen-bond acceptors (Lipinski definition) is 5. The van der Waals surface area contributed by atoms with Gasteiger partial charge >= 0.3 is 5.97 Å². The number of carbonyl (C=O) groups is 1. The second-order valence-electron chi connectivity index (χ2n) is 4.92. The normalized spacial score (nSPS) is 20.2. The Labute approximate surface area is 114 Å². The fourth-order valence-electron chi connectivity index (χ4n) is 2.87. The topological polar surface area (TPSA) is 79.9 Å². The first kappa shape index (κ1) is 11.2. The number of ether oxygens (including phenoxy) is 1. The quantitative estimate of drug-likeness (QED) is 0.766. The van der Waals surface area contributed by atoms with E-state index in [1.54, 1.807) is 12.4 Å². The summed E-state index contributed by atoms with van der Waals surface area (Å²) in [6.07, 6.45) is 3.46. The van der Waals surface area contributed by atoms with Crippen molar-refractivity contribution >= 4 is 11.8 Å². The highest BCUT2D eigenvalue weighted by molar-refractivity contribution is 5.97. The second kappa shape index (κ2) is 3.93. The molecule has 1 atom stereocenters. The number of aryl methyl sites for hydroxylation is 1. The van der Waals surface area contributed by atoms with Crippen LogP contribution in [0.2, 0.25) is 0 Å². The number of fused-ring (bicyclic) bond motifs is 1. The maximum atomic E-state index is 12.1. The number of cyclic esters (lactones) is 1. The Kier molecular flexibility index (Phi) is 2.20. The number of nitrogens with one attached hydrogen (secondary N) is 2. The van der Waals surface area contributed by atoms with Crippen LogP contribution in [0.15, 0.2) is 35.8 Å². The van der Waals surface area contributed by atoms with Crippen molar-refractivity contribution in [1.29, 1.82) is 0 Å². The average Bonchev–Trinajstić information content (AvgIpc) is 3.03. The Morgan fingerprint density at radius 1 is 1.35 bits per heavy atom. The first-order valence-electron chi connectivity index (χ1n) is 6.37. The van der Waals surface area contributed by atoms with Crippen LogP contribution in [-0.4, -0.2) is 27.8 Å². The van der Waals surface area contributed by atoms with Crippen LogP contribution in [0.25, 0.3) is 0 Å². The molecule has 0 saturated carbocycles. The molecule has 2 aromatic heterocycles. The van der Waals surface area contributed by atoms with Crippen molar-refractivity contribution in [3.63, 3.8) is 0 Å². The third-order valence-corrected chi connectivity index (χ3v) is 3.77. The van der Waals surface area contributed by atoms with E-state index in [0.29, 0.717) is 5.57 Å². The largest absolute Gasteiger partial charge is 0.456 e. The summed E-state index contributed by atoms with van der Waals surface area (Å²) in [5, 5.41) is 10.4. The molecule has 0 spiro atoms. The van der Waals surface area contributed by atoms with Crippen LogP contribution in [0.4, 0.5) is 5.82 Å². The fraction of sp³-hybridized carbons (Fsp3) is 0.214. The van der Waals surface area contributed by atoms with E-state index in [1.165, 1.54) is 0 Å². The zero-order valence-corrected chi connectivity index (χ0v) is 10.8. The molecular weight excluding hydrogens is 256 g/mol. The third kappa shape index (κ3) is 1.41. The van der Waals surface area contributed by atoms with Crippen molar-refractivity contribution < 1.29 is 9.53 Å². The second-order valence-corrected chi connectivity index (χ2v) is 4.92. The first-order valence-corrected chi connectivity index (χ1v) is 6.37. The number of nitrogens with zero attached hydrogens (tertiary/aromatic N) is 2. The van der Waals surface area contributed by atoms with Gasteiger partial charge in [-0.1, -0.05) is 0 Å². The van der Waals surface area contributed by atoms with E-state index in [0.717, 1.165) is 28.3 Å². The van der Waals surface area contributed by atoms with E-state index in [1.807, 2.05) is 19.1 Å². The third-order valence-electron chi connectivity index (χ3n) is 3.77. The Bertz CT molecular complexity index is 733. The Morgan fingerprint density at radius 3 is 2.95 bits per heavy atom. The summed E-state index contributed by atoms with van der Waals surface area (Å²) in [4.78, 5) is 16.1. The van der Waals surface area contributed by atoms with Gasteiger partial charge in [-0.25, -0.2) is 4.79 Å². The molecule has 0 radical (unpaired) electrons. The van der Waals surface area contributed by atoms with Crippen molar-refractivity contribution in [2.45, 2.75) is 12.8 Å². The van der Waals surface area contributed by atoms with Crippen LogP contribution in [0.5, 0.6) is 0 Å². The molecule has 4 rings (SSSR count). The van der Waals surface area contributed by atoms with Crippen molar-refractivity contribution in [1.82, 2.24) is 15.2 Å². The highest BCUT2D eigenvalue weighted by Crippen LogP contribution is 2.44. The minimum absolute atomic E-state index is 0.155. The number of esters is 1. The Balaban J connectivity index is 1.96. The van der Waals surface area contributed by atoms with E-state index < -0.39 is 0 Å². The monoisotopic (exact) mass is 268 g/mol. The zero-order chi connectivity index (χ0) is 13.7. The molecule has 6 heteroatoms. The Hall–Kier alpha value is -2.63. The molecule has 2 aliphatic rings. The number of rotatable bonds is 1. The number of carbonyl (C=O) groups excluding carboxylic acids is 1. The van der Waals surface area contributed by atoms with Crippen molar-refractivity contribution in [3.05, 3.63) is 52.6 Å². The molecule has 20 heavy (non-hydrogen) atoms. The molecule has 2 aromatic rings. The predicted molar refractivity (Wildman–Crippen MR) is 71.0 cm³/mol. The molecule has 0 amide bonds. The molecule has 0 aliphatic carbocycles. The van der Waals surface area contributed by atoms with Gasteiger partial charge in [0.05, 0.1) is 11.3 Å². The number of H-pyrrole nitrogens is 1. The van der Waals surface area contributed by atoms with Gasteiger partial charge in [-0.2, -0.15) is 5.10 Å². The lowest BCUT2D eigenvalue weighted by molar-refractivity contribution is -0.136. The smallest absolute Gasteiger partial charge is 0.337 e. The molecule has 2 aliphatic heterocycles. The summed E-state index contributed by atoms with van der Waals surface area (Å²) >= 11 is 0. The standard InChI is InChI=1S/C14H12N4O2/c1-7-10-11(8-2-4-15-5-3-8)12-9(6-20-14(12)19)16-13(10)18-17-7/h2-5,11H,6H2,1H3,(H2,16,17,18). The van der Waals surface area contributed by atoms with Crippen molar-refractivity contribution in [2.75, 3.05) is 11.9 Å². The predicted octanol–water partition coefficient (Wildman–Crippen LogP) is 1.48. The lowest BCUT2D eigenvalue weighted by Gasteiger charge is -2.24. The van der Waals surface area contributed by atoms with E-state index in [4.69, 9.17) is 4.74 Å². The van der Waals surface area contributed by atoms with Crippen LogP contribution >= 0.6 is 0 Å². The van der Waals surface area contributed by atoms with Crippen LogP contribution < -0.4 is 5.32 Å². The van der Waals surface area contributed by atoms with Gasteiger partial charge in [-0.15, -0.1) is 0 Å². The SMILES string of the molecule is Cc1[nH]nc2c1C(c1ccncc1)C1=C(COC1=O)N2. The highest BCUT2D eigenvalue weighted by atomic mass is 16.5. The summed E-state index contributed by atoms with van der Waals surface area (Å²) in [6.45, 7) is 2.23. The molecular formula is C14H12N4O2. The first-order chi connectivity index (χ1) is 9.75. The average molecular weight is 268 g/mol. The summed E-state index contributed by atoms with van der Waals surface area (Å²) in [7, 11) is 0. The number of pyridine rings is 1. The lowest BCUT2D eigenvalue weighted by Crippen LogP contribution is -2.19. The molecule has 0 saturated heterocycles. The number of hydrogen-bond donors (Lipinski definition) is 2. The Morgan fingerprint density at radius 2 is 2.15 bits per heavy atom. The minimum Gasteiger partial charge on any atom is -0.456 e. The maximum Gasteiger partial charge on any atom is 0.337 e. The van der Waals surface area contributed by atoms with E-state index in [2.05, 4.69) is 20.5 Å². The number of aromatic amines is 1. The number of anilines is 1.